The first-order valence-electron chi connectivity index (χ1n) is 7.17. The lowest BCUT2D eigenvalue weighted by molar-refractivity contribution is -0.0711. The van der Waals surface area contributed by atoms with Crippen molar-refractivity contribution in [2.24, 2.45) is 7.05 Å². The van der Waals surface area contributed by atoms with Gasteiger partial charge in [0.2, 0.25) is 0 Å². The molecular weight excluding hydrogens is 254 g/mol. The molecule has 0 aliphatic carbocycles. The number of nitrogens with zero attached hydrogens (tertiary/aromatic N) is 2. The lowest BCUT2D eigenvalue weighted by Gasteiger charge is -2.31. The van der Waals surface area contributed by atoms with Crippen molar-refractivity contribution in [3.8, 4) is 0 Å². The van der Waals surface area contributed by atoms with Crippen molar-refractivity contribution in [1.29, 1.82) is 0 Å². The van der Waals surface area contributed by atoms with E-state index in [1.807, 2.05) is 20.2 Å². The third-order valence-corrected chi connectivity index (χ3v) is 4.09. The van der Waals surface area contributed by atoms with Gasteiger partial charge in [0.15, 0.2) is 0 Å². The van der Waals surface area contributed by atoms with Crippen molar-refractivity contribution in [2.45, 2.75) is 63.9 Å². The van der Waals surface area contributed by atoms with Crippen molar-refractivity contribution < 1.29 is 9.84 Å². The van der Waals surface area contributed by atoms with Gasteiger partial charge >= 0.3 is 0 Å². The number of nitrogens with one attached hydrogen (secondary N) is 1. The Hall–Kier alpha value is -0.910. The molecule has 1 aliphatic rings. The number of rotatable bonds is 4. The van der Waals surface area contributed by atoms with Crippen LogP contribution < -0.4 is 5.32 Å². The fraction of sp³-hybridized carbons (Fsp3) is 0.800. The van der Waals surface area contributed by atoms with E-state index in [9.17, 15) is 5.11 Å². The molecular formula is C15H27N3O2. The molecule has 2 rings (SSSR count). The molecule has 1 saturated heterocycles. The molecule has 1 aliphatic heterocycles. The molecule has 0 radical (unpaired) electrons. The van der Waals surface area contributed by atoms with E-state index >= 15 is 0 Å². The summed E-state index contributed by atoms with van der Waals surface area (Å²) in [4.78, 5) is 0. The number of aliphatic hydroxyl groups is 1. The van der Waals surface area contributed by atoms with Crippen LogP contribution in [0.5, 0.6) is 0 Å². The lowest BCUT2D eigenvalue weighted by atomic mass is 9.92. The largest absolute Gasteiger partial charge is 0.384 e. The predicted molar refractivity (Wildman–Crippen MR) is 78.4 cm³/mol. The maximum absolute atomic E-state index is 10.6. The molecule has 1 aromatic heterocycles. The van der Waals surface area contributed by atoms with Crippen LogP contribution in [0.1, 0.15) is 46.6 Å². The zero-order valence-corrected chi connectivity index (χ0v) is 13.4. The monoisotopic (exact) mass is 281 g/mol. The third kappa shape index (κ3) is 3.22. The third-order valence-electron chi connectivity index (χ3n) is 4.09. The Morgan fingerprint density at radius 3 is 2.60 bits per heavy atom. The second-order valence-electron chi connectivity index (χ2n) is 7.28. The molecule has 1 aromatic rings. The first-order chi connectivity index (χ1) is 9.02. The zero-order valence-electron chi connectivity index (χ0n) is 13.4. The van der Waals surface area contributed by atoms with Crippen molar-refractivity contribution in [2.75, 3.05) is 6.54 Å². The van der Waals surface area contributed by atoms with Crippen LogP contribution in [0, 0.1) is 0 Å². The molecule has 20 heavy (non-hydrogen) atoms. The van der Waals surface area contributed by atoms with Gasteiger partial charge in [0.1, 0.15) is 5.60 Å². The van der Waals surface area contributed by atoms with Crippen LogP contribution in [-0.4, -0.2) is 38.7 Å². The first kappa shape index (κ1) is 15.5. The molecule has 2 atom stereocenters. The number of aryl methyl sites for hydroxylation is 1. The quantitative estimate of drug-likeness (QED) is 0.879. The van der Waals surface area contributed by atoms with E-state index in [0.717, 1.165) is 12.0 Å². The van der Waals surface area contributed by atoms with Gasteiger partial charge < -0.3 is 15.2 Å². The van der Waals surface area contributed by atoms with E-state index in [-0.39, 0.29) is 17.2 Å². The number of hydrogen-bond donors (Lipinski definition) is 2. The summed E-state index contributed by atoms with van der Waals surface area (Å²) in [6.07, 6.45) is 4.49. The summed E-state index contributed by atoms with van der Waals surface area (Å²) in [6, 6.07) is 0.223. The van der Waals surface area contributed by atoms with Crippen LogP contribution in [0.15, 0.2) is 12.4 Å². The van der Waals surface area contributed by atoms with Gasteiger partial charge in [0.25, 0.3) is 0 Å². The normalized spacial score (nSPS) is 27.4. The van der Waals surface area contributed by atoms with E-state index in [1.165, 1.54) is 0 Å². The minimum atomic E-state index is -0.933. The van der Waals surface area contributed by atoms with Crippen molar-refractivity contribution in [3.63, 3.8) is 0 Å². The Bertz CT molecular complexity index is 477. The van der Waals surface area contributed by atoms with Crippen molar-refractivity contribution in [1.82, 2.24) is 15.1 Å². The van der Waals surface area contributed by atoms with Crippen LogP contribution in [0.3, 0.4) is 0 Å². The van der Waals surface area contributed by atoms with E-state index < -0.39 is 5.60 Å². The molecule has 0 spiro atoms. The van der Waals surface area contributed by atoms with Crippen LogP contribution in [-0.2, 0) is 17.4 Å². The zero-order chi connectivity index (χ0) is 15.2. The van der Waals surface area contributed by atoms with Gasteiger partial charge in [-0.25, -0.2) is 0 Å². The molecule has 0 amide bonds. The predicted octanol–water partition coefficient (Wildman–Crippen LogP) is 1.56. The van der Waals surface area contributed by atoms with Crippen molar-refractivity contribution >= 4 is 0 Å². The molecule has 2 unspecified atom stereocenters. The molecule has 0 bridgehead atoms. The number of aromatic nitrogens is 2. The molecule has 2 heterocycles. The van der Waals surface area contributed by atoms with Gasteiger partial charge in [-0.2, -0.15) is 5.10 Å². The topological polar surface area (TPSA) is 59.3 Å². The fourth-order valence-corrected chi connectivity index (χ4v) is 3.00. The smallest absolute Gasteiger partial charge is 0.102 e. The highest BCUT2D eigenvalue weighted by Gasteiger charge is 2.46. The Kier molecular flexibility index (Phi) is 3.73. The Morgan fingerprint density at radius 2 is 2.15 bits per heavy atom. The highest BCUT2D eigenvalue weighted by molar-refractivity contribution is 5.15. The van der Waals surface area contributed by atoms with Crippen LogP contribution in [0.2, 0.25) is 0 Å². The summed E-state index contributed by atoms with van der Waals surface area (Å²) in [5, 5.41) is 18.2. The van der Waals surface area contributed by atoms with E-state index in [4.69, 9.17) is 4.74 Å². The average Bonchev–Trinajstić information content (AvgIpc) is 2.77. The van der Waals surface area contributed by atoms with Gasteiger partial charge in [0.05, 0.1) is 17.4 Å². The molecule has 114 valence electrons. The van der Waals surface area contributed by atoms with Gasteiger partial charge in [-0.05, 0) is 41.0 Å². The number of hydrogen-bond acceptors (Lipinski definition) is 4. The summed E-state index contributed by atoms with van der Waals surface area (Å²) in [6.45, 7) is 10.7. The summed E-state index contributed by atoms with van der Waals surface area (Å²) < 4.78 is 7.77. The Labute approximate surface area is 121 Å². The second kappa shape index (κ2) is 4.83. The van der Waals surface area contributed by atoms with E-state index in [2.05, 4.69) is 38.1 Å². The van der Waals surface area contributed by atoms with Gasteiger partial charge in [-0.3, -0.25) is 4.68 Å². The molecule has 5 heteroatoms. The van der Waals surface area contributed by atoms with Crippen LogP contribution >= 0.6 is 0 Å². The standard InChI is InChI=1S/C15H27N3O2/c1-13(2)7-12(14(3,4)20-13)16-10-15(5,19)11-8-17-18(6)9-11/h8-9,12,16,19H,7,10H2,1-6H3. The summed E-state index contributed by atoms with van der Waals surface area (Å²) in [5.74, 6) is 0. The van der Waals surface area contributed by atoms with E-state index in [0.29, 0.717) is 6.54 Å². The number of ether oxygens (including phenoxy) is 1. The van der Waals surface area contributed by atoms with Crippen molar-refractivity contribution in [3.05, 3.63) is 18.0 Å². The molecule has 0 saturated carbocycles. The highest BCUT2D eigenvalue weighted by Crippen LogP contribution is 2.37. The van der Waals surface area contributed by atoms with Crippen LogP contribution in [0.25, 0.3) is 0 Å². The summed E-state index contributed by atoms with van der Waals surface area (Å²) in [5.41, 5.74) is -0.462. The maximum atomic E-state index is 10.6. The first-order valence-corrected chi connectivity index (χ1v) is 7.17. The summed E-state index contributed by atoms with van der Waals surface area (Å²) >= 11 is 0. The SMILES string of the molecule is Cn1cc(C(C)(O)CNC2CC(C)(C)OC2(C)C)cn1. The fourth-order valence-electron chi connectivity index (χ4n) is 3.00. The minimum absolute atomic E-state index is 0.124. The molecule has 0 aromatic carbocycles. The highest BCUT2D eigenvalue weighted by atomic mass is 16.5. The maximum Gasteiger partial charge on any atom is 0.102 e. The summed E-state index contributed by atoms with van der Waals surface area (Å²) in [7, 11) is 1.85. The van der Waals surface area contributed by atoms with Crippen LogP contribution in [0.4, 0.5) is 0 Å². The lowest BCUT2D eigenvalue weighted by Crippen LogP contribution is -2.48. The average molecular weight is 281 g/mol. The second-order valence-corrected chi connectivity index (χ2v) is 7.28. The van der Waals surface area contributed by atoms with Gasteiger partial charge in [-0.15, -0.1) is 0 Å². The Morgan fingerprint density at radius 1 is 1.50 bits per heavy atom. The molecule has 5 nitrogen and oxygen atoms in total. The van der Waals surface area contributed by atoms with Gasteiger partial charge in [-0.1, -0.05) is 0 Å². The molecule has 2 N–H and O–H groups in total. The Balaban J connectivity index is 2.01. The minimum Gasteiger partial charge on any atom is -0.384 e. The van der Waals surface area contributed by atoms with Gasteiger partial charge in [0, 0.05) is 31.4 Å². The molecule has 1 fully saturated rings. The van der Waals surface area contributed by atoms with E-state index in [1.54, 1.807) is 10.9 Å².